The molecule has 1 fully saturated rings. The van der Waals surface area contributed by atoms with E-state index >= 15 is 0 Å². The molecule has 0 bridgehead atoms. The van der Waals surface area contributed by atoms with Crippen LogP contribution in [0.15, 0.2) is 30.3 Å². The predicted molar refractivity (Wildman–Crippen MR) is 88.4 cm³/mol. The third kappa shape index (κ3) is 2.60. The second-order valence-electron chi connectivity index (χ2n) is 5.74. The summed E-state index contributed by atoms with van der Waals surface area (Å²) in [7, 11) is 1.55. The summed E-state index contributed by atoms with van der Waals surface area (Å²) in [5.41, 5.74) is 13.0. The summed E-state index contributed by atoms with van der Waals surface area (Å²) in [5, 5.41) is 2.06. The molecule has 0 spiro atoms. The molecule has 1 aliphatic rings. The number of nitrogens with two attached hydrogens (primary N) is 2. The summed E-state index contributed by atoms with van der Waals surface area (Å²) in [6.07, 6.45) is 1.99. The third-order valence-corrected chi connectivity index (χ3v) is 4.32. The fourth-order valence-corrected chi connectivity index (χ4v) is 3.07. The molecule has 5 nitrogen and oxygen atoms in total. The molecule has 0 aromatic heterocycles. The van der Waals surface area contributed by atoms with Crippen LogP contribution in [0.4, 0.5) is 5.69 Å². The lowest BCUT2D eigenvalue weighted by Gasteiger charge is -2.33. The van der Waals surface area contributed by atoms with Crippen LogP contribution in [0, 0.1) is 0 Å². The molecule has 5 heteroatoms. The number of rotatable bonds is 3. The molecule has 116 valence electrons. The van der Waals surface area contributed by atoms with E-state index in [2.05, 4.69) is 11.0 Å². The van der Waals surface area contributed by atoms with Crippen molar-refractivity contribution >= 4 is 22.4 Å². The minimum Gasteiger partial charge on any atom is -0.496 e. The number of hydrogen-bond acceptors (Lipinski definition) is 4. The van der Waals surface area contributed by atoms with E-state index < -0.39 is 5.91 Å². The van der Waals surface area contributed by atoms with Crippen molar-refractivity contribution in [1.82, 2.24) is 0 Å². The number of nitrogens with zero attached hydrogens (tertiary/aromatic N) is 1. The average Bonchev–Trinajstić information content (AvgIpc) is 2.53. The van der Waals surface area contributed by atoms with Gasteiger partial charge in [0.05, 0.1) is 12.7 Å². The Morgan fingerprint density at radius 3 is 2.64 bits per heavy atom. The Labute approximate surface area is 129 Å². The first-order valence-electron chi connectivity index (χ1n) is 7.51. The highest BCUT2D eigenvalue weighted by atomic mass is 16.5. The molecule has 0 atom stereocenters. The predicted octanol–water partition coefficient (Wildman–Crippen LogP) is 1.87. The second kappa shape index (κ2) is 5.85. The number of amides is 1. The fraction of sp³-hybridized carbons (Fsp3) is 0.353. The maximum atomic E-state index is 11.6. The van der Waals surface area contributed by atoms with Gasteiger partial charge in [0, 0.05) is 30.2 Å². The van der Waals surface area contributed by atoms with Crippen LogP contribution < -0.4 is 21.1 Å². The number of hydrogen-bond donors (Lipinski definition) is 2. The summed E-state index contributed by atoms with van der Waals surface area (Å²) in [4.78, 5) is 13.9. The first-order valence-corrected chi connectivity index (χ1v) is 7.51. The number of primary amides is 1. The zero-order valence-corrected chi connectivity index (χ0v) is 12.7. The van der Waals surface area contributed by atoms with Gasteiger partial charge in [-0.05, 0) is 36.4 Å². The van der Waals surface area contributed by atoms with Crippen molar-refractivity contribution in [2.45, 2.75) is 18.9 Å². The van der Waals surface area contributed by atoms with Crippen molar-refractivity contribution in [3.63, 3.8) is 0 Å². The third-order valence-electron chi connectivity index (χ3n) is 4.32. The quantitative estimate of drug-likeness (QED) is 0.906. The molecule has 0 aliphatic carbocycles. The van der Waals surface area contributed by atoms with Gasteiger partial charge in [0.1, 0.15) is 5.75 Å². The number of carbonyl (C=O) groups excluding carboxylic acids is 1. The highest BCUT2D eigenvalue weighted by Gasteiger charge is 2.19. The number of benzene rings is 2. The van der Waals surface area contributed by atoms with Crippen molar-refractivity contribution in [1.29, 1.82) is 0 Å². The van der Waals surface area contributed by atoms with Crippen molar-refractivity contribution in [3.05, 3.63) is 35.9 Å². The first kappa shape index (κ1) is 14.7. The molecule has 22 heavy (non-hydrogen) atoms. The van der Waals surface area contributed by atoms with Gasteiger partial charge in [-0.25, -0.2) is 0 Å². The van der Waals surface area contributed by atoms with Crippen molar-refractivity contribution < 1.29 is 9.53 Å². The Bertz CT molecular complexity index is 706. The molecule has 1 amide bonds. The summed E-state index contributed by atoms with van der Waals surface area (Å²) in [6.45, 7) is 1.89. The van der Waals surface area contributed by atoms with Crippen LogP contribution in [-0.4, -0.2) is 32.1 Å². The Morgan fingerprint density at radius 1 is 1.27 bits per heavy atom. The molecule has 0 unspecified atom stereocenters. The molecule has 3 rings (SSSR count). The molecule has 4 N–H and O–H groups in total. The fourth-order valence-electron chi connectivity index (χ4n) is 3.07. The van der Waals surface area contributed by atoms with E-state index in [4.69, 9.17) is 16.2 Å². The van der Waals surface area contributed by atoms with Crippen LogP contribution in [0.3, 0.4) is 0 Å². The highest BCUT2D eigenvalue weighted by Crippen LogP contribution is 2.33. The lowest BCUT2D eigenvalue weighted by Crippen LogP contribution is -2.39. The van der Waals surface area contributed by atoms with Gasteiger partial charge in [0.2, 0.25) is 0 Å². The largest absolute Gasteiger partial charge is 0.496 e. The van der Waals surface area contributed by atoms with Crippen molar-refractivity contribution in [3.8, 4) is 5.75 Å². The molecule has 2 aromatic carbocycles. The number of carbonyl (C=O) groups is 1. The Kier molecular flexibility index (Phi) is 3.90. The van der Waals surface area contributed by atoms with Gasteiger partial charge < -0.3 is 21.1 Å². The molecule has 1 saturated heterocycles. The number of piperidine rings is 1. The lowest BCUT2D eigenvalue weighted by molar-refractivity contribution is 0.0997. The Balaban J connectivity index is 2.10. The number of fused-ring (bicyclic) bond motifs is 1. The number of anilines is 1. The van der Waals surface area contributed by atoms with Crippen LogP contribution >= 0.6 is 0 Å². The topological polar surface area (TPSA) is 81.6 Å². The monoisotopic (exact) mass is 299 g/mol. The molecule has 2 aromatic rings. The van der Waals surface area contributed by atoms with Crippen LogP contribution in [0.25, 0.3) is 10.8 Å². The smallest absolute Gasteiger partial charge is 0.252 e. The van der Waals surface area contributed by atoms with E-state index in [1.165, 1.54) is 0 Å². The summed E-state index contributed by atoms with van der Waals surface area (Å²) in [6, 6.07) is 10.1. The van der Waals surface area contributed by atoms with Gasteiger partial charge in [-0.2, -0.15) is 0 Å². The van der Waals surface area contributed by atoms with E-state index in [-0.39, 0.29) is 0 Å². The highest BCUT2D eigenvalue weighted by molar-refractivity contribution is 6.04. The van der Waals surface area contributed by atoms with E-state index in [1.807, 2.05) is 18.2 Å². The van der Waals surface area contributed by atoms with Gasteiger partial charge in [0.15, 0.2) is 0 Å². The van der Waals surface area contributed by atoms with Gasteiger partial charge in [-0.3, -0.25) is 4.79 Å². The van der Waals surface area contributed by atoms with Gasteiger partial charge in [-0.15, -0.1) is 0 Å². The zero-order chi connectivity index (χ0) is 15.7. The maximum absolute atomic E-state index is 11.6. The average molecular weight is 299 g/mol. The summed E-state index contributed by atoms with van der Waals surface area (Å²) >= 11 is 0. The Morgan fingerprint density at radius 2 is 2.00 bits per heavy atom. The van der Waals surface area contributed by atoms with Crippen molar-refractivity contribution in [2.75, 3.05) is 25.1 Å². The van der Waals surface area contributed by atoms with Crippen LogP contribution in [-0.2, 0) is 0 Å². The van der Waals surface area contributed by atoms with E-state index in [9.17, 15) is 4.79 Å². The minimum absolute atomic E-state index is 0.294. The SMILES string of the molecule is COc1cc2c(N3CCC(N)CC3)cccc2cc1C(N)=O. The molecular formula is C17H21N3O2. The lowest BCUT2D eigenvalue weighted by atomic mass is 10.0. The molecule has 0 radical (unpaired) electrons. The van der Waals surface area contributed by atoms with E-state index in [1.54, 1.807) is 13.2 Å². The zero-order valence-electron chi connectivity index (χ0n) is 12.7. The second-order valence-corrected chi connectivity index (χ2v) is 5.74. The normalized spacial score (nSPS) is 16.0. The molecular weight excluding hydrogens is 278 g/mol. The van der Waals surface area contributed by atoms with Gasteiger partial charge >= 0.3 is 0 Å². The van der Waals surface area contributed by atoms with E-state index in [0.717, 1.165) is 42.4 Å². The van der Waals surface area contributed by atoms with Gasteiger partial charge in [-0.1, -0.05) is 12.1 Å². The summed E-state index contributed by atoms with van der Waals surface area (Å²) < 4.78 is 5.33. The molecule has 0 saturated carbocycles. The minimum atomic E-state index is -0.479. The van der Waals surface area contributed by atoms with E-state index in [0.29, 0.717) is 17.4 Å². The summed E-state index contributed by atoms with van der Waals surface area (Å²) in [5.74, 6) is 0.0364. The Hall–Kier alpha value is -2.27. The van der Waals surface area contributed by atoms with Crippen LogP contribution in [0.5, 0.6) is 5.75 Å². The molecule has 1 aliphatic heterocycles. The first-order chi connectivity index (χ1) is 10.6. The van der Waals surface area contributed by atoms with Crippen molar-refractivity contribution in [2.24, 2.45) is 11.5 Å². The standard InChI is InChI=1S/C17H21N3O2/c1-22-16-10-13-11(9-14(16)17(19)21)3-2-4-15(13)20-7-5-12(18)6-8-20/h2-4,9-10,12H,5-8,18H2,1H3,(H2,19,21). The van der Waals surface area contributed by atoms with Crippen LogP contribution in [0.1, 0.15) is 23.2 Å². The number of ether oxygens (including phenoxy) is 1. The maximum Gasteiger partial charge on any atom is 0.252 e. The van der Waals surface area contributed by atoms with Crippen LogP contribution in [0.2, 0.25) is 0 Å². The molecule has 1 heterocycles. The van der Waals surface area contributed by atoms with Gasteiger partial charge in [0.25, 0.3) is 5.91 Å². The number of methoxy groups -OCH3 is 1.